The van der Waals surface area contributed by atoms with Crippen molar-refractivity contribution in [3.63, 3.8) is 0 Å². The van der Waals surface area contributed by atoms with E-state index in [1.54, 1.807) is 6.92 Å². The normalized spacial score (nSPS) is 12.6. The minimum absolute atomic E-state index is 0.191. The van der Waals surface area contributed by atoms with Crippen LogP contribution in [0.4, 0.5) is 0 Å². The first-order valence-electron chi connectivity index (χ1n) is 4.48. The van der Waals surface area contributed by atoms with Gasteiger partial charge in [-0.05, 0) is 5.56 Å². The second kappa shape index (κ2) is 4.35. The molecule has 0 bridgehead atoms. The molecule has 5 heteroatoms. The molecule has 0 aliphatic rings. The molecule has 15 heavy (non-hydrogen) atoms. The van der Waals surface area contributed by atoms with E-state index in [1.165, 1.54) is 0 Å². The maximum atomic E-state index is 11.7. The minimum Gasteiger partial charge on any atom is -0.415 e. The Morgan fingerprint density at radius 3 is 2.60 bits per heavy atom. The number of aryl methyl sites for hydroxylation is 1. The minimum atomic E-state index is -1.25. The van der Waals surface area contributed by atoms with E-state index in [4.69, 9.17) is 4.42 Å². The molecule has 0 saturated heterocycles. The van der Waals surface area contributed by atoms with E-state index in [2.05, 4.69) is 10.2 Å². The highest BCUT2D eigenvalue weighted by Crippen LogP contribution is 2.10. The topological polar surface area (TPSA) is 56.0 Å². The van der Waals surface area contributed by atoms with Crippen LogP contribution in [0, 0.1) is 6.92 Å². The molecular weight excluding hydrogens is 212 g/mol. The predicted molar refractivity (Wildman–Crippen MR) is 55.6 cm³/mol. The van der Waals surface area contributed by atoms with Crippen molar-refractivity contribution in [1.29, 1.82) is 0 Å². The summed E-state index contributed by atoms with van der Waals surface area (Å²) in [7, 11) is -1.25. The Kier molecular flexibility index (Phi) is 2.91. The lowest BCUT2D eigenvalue weighted by Crippen LogP contribution is -1.96. The first-order chi connectivity index (χ1) is 7.25. The van der Waals surface area contributed by atoms with Gasteiger partial charge in [-0.1, -0.05) is 35.4 Å². The smallest absolute Gasteiger partial charge is 0.307 e. The zero-order valence-corrected chi connectivity index (χ0v) is 9.03. The SMILES string of the molecule is Cc1nnc(S(=O)Cc2ccccc2)o1. The lowest BCUT2D eigenvalue weighted by molar-refractivity contribution is 0.421. The van der Waals surface area contributed by atoms with Crippen molar-refractivity contribution < 1.29 is 8.63 Å². The van der Waals surface area contributed by atoms with E-state index in [0.717, 1.165) is 5.56 Å². The summed E-state index contributed by atoms with van der Waals surface area (Å²) >= 11 is 0. The summed E-state index contributed by atoms with van der Waals surface area (Å²) in [6.07, 6.45) is 0. The summed E-state index contributed by atoms with van der Waals surface area (Å²) in [6.45, 7) is 1.68. The highest BCUT2D eigenvalue weighted by Gasteiger charge is 2.11. The molecule has 1 unspecified atom stereocenters. The molecule has 78 valence electrons. The molecule has 0 spiro atoms. The number of hydrogen-bond acceptors (Lipinski definition) is 4. The first-order valence-corrected chi connectivity index (χ1v) is 5.80. The van der Waals surface area contributed by atoms with Gasteiger partial charge in [0.25, 0.3) is 0 Å². The van der Waals surface area contributed by atoms with E-state index in [9.17, 15) is 4.21 Å². The van der Waals surface area contributed by atoms with Crippen molar-refractivity contribution in [2.45, 2.75) is 17.9 Å². The van der Waals surface area contributed by atoms with Crippen molar-refractivity contribution in [2.24, 2.45) is 0 Å². The summed E-state index contributed by atoms with van der Waals surface area (Å²) in [4.78, 5) is 0. The standard InChI is InChI=1S/C10H10N2O2S/c1-8-11-12-10(14-8)15(13)7-9-5-3-2-4-6-9/h2-6H,7H2,1H3. The second-order valence-corrected chi connectivity index (χ2v) is 4.39. The fourth-order valence-electron chi connectivity index (χ4n) is 1.16. The van der Waals surface area contributed by atoms with Crippen molar-refractivity contribution in [1.82, 2.24) is 10.2 Å². The van der Waals surface area contributed by atoms with Gasteiger partial charge in [0, 0.05) is 6.92 Å². The summed E-state index contributed by atoms with van der Waals surface area (Å²) in [5, 5.41) is 7.56. The van der Waals surface area contributed by atoms with E-state index in [-0.39, 0.29) is 5.22 Å². The molecule has 0 saturated carbocycles. The third kappa shape index (κ3) is 2.50. The van der Waals surface area contributed by atoms with Crippen LogP contribution in [-0.4, -0.2) is 14.4 Å². The molecular formula is C10H10N2O2S. The largest absolute Gasteiger partial charge is 0.415 e. The predicted octanol–water partition coefficient (Wildman–Crippen LogP) is 1.69. The summed E-state index contributed by atoms with van der Waals surface area (Å²) in [6, 6.07) is 9.57. The van der Waals surface area contributed by atoms with Gasteiger partial charge in [0.2, 0.25) is 5.89 Å². The Morgan fingerprint density at radius 1 is 1.27 bits per heavy atom. The molecule has 0 radical (unpaired) electrons. The molecule has 1 aromatic carbocycles. The molecule has 0 aliphatic carbocycles. The number of nitrogens with zero attached hydrogens (tertiary/aromatic N) is 2. The van der Waals surface area contributed by atoms with Crippen molar-refractivity contribution in [2.75, 3.05) is 0 Å². The van der Waals surface area contributed by atoms with Gasteiger partial charge in [-0.3, -0.25) is 0 Å². The van der Waals surface area contributed by atoms with Gasteiger partial charge in [0.05, 0.1) is 5.75 Å². The van der Waals surface area contributed by atoms with Crippen LogP contribution < -0.4 is 0 Å². The molecule has 2 rings (SSSR count). The molecule has 0 N–H and O–H groups in total. The Bertz CT molecular complexity index is 467. The molecule has 4 nitrogen and oxygen atoms in total. The maximum absolute atomic E-state index is 11.7. The van der Waals surface area contributed by atoms with Gasteiger partial charge in [0.1, 0.15) is 10.8 Å². The fraction of sp³-hybridized carbons (Fsp3) is 0.200. The molecule has 1 atom stereocenters. The molecule has 1 aromatic heterocycles. The van der Waals surface area contributed by atoms with Crippen molar-refractivity contribution >= 4 is 10.8 Å². The van der Waals surface area contributed by atoms with Crippen LogP contribution in [-0.2, 0) is 16.6 Å². The average molecular weight is 222 g/mol. The zero-order valence-electron chi connectivity index (χ0n) is 8.21. The van der Waals surface area contributed by atoms with E-state index >= 15 is 0 Å². The van der Waals surface area contributed by atoms with Crippen molar-refractivity contribution in [3.05, 3.63) is 41.8 Å². The Morgan fingerprint density at radius 2 is 2.00 bits per heavy atom. The third-order valence-electron chi connectivity index (χ3n) is 1.84. The molecule has 0 fully saturated rings. The van der Waals surface area contributed by atoms with Gasteiger partial charge >= 0.3 is 5.22 Å². The lowest BCUT2D eigenvalue weighted by atomic mass is 10.2. The second-order valence-electron chi connectivity index (χ2n) is 3.06. The average Bonchev–Trinajstić information content (AvgIpc) is 2.66. The van der Waals surface area contributed by atoms with E-state index in [0.29, 0.717) is 11.6 Å². The lowest BCUT2D eigenvalue weighted by Gasteiger charge is -1.96. The van der Waals surface area contributed by atoms with Crippen LogP contribution in [0.2, 0.25) is 0 Å². The van der Waals surface area contributed by atoms with Crippen LogP contribution in [0.1, 0.15) is 11.5 Å². The van der Waals surface area contributed by atoms with Gasteiger partial charge in [-0.15, -0.1) is 5.10 Å². The van der Waals surface area contributed by atoms with E-state index < -0.39 is 10.8 Å². The number of rotatable bonds is 3. The number of aromatic nitrogens is 2. The van der Waals surface area contributed by atoms with Gasteiger partial charge in [-0.25, -0.2) is 4.21 Å². The first kappa shape index (κ1) is 10.0. The maximum Gasteiger partial charge on any atom is 0.307 e. The summed E-state index contributed by atoms with van der Waals surface area (Å²) < 4.78 is 16.8. The monoisotopic (exact) mass is 222 g/mol. The molecule has 0 aliphatic heterocycles. The summed E-state index contributed by atoms with van der Waals surface area (Å²) in [5.74, 6) is 0.842. The fourth-order valence-corrected chi connectivity index (χ4v) is 2.12. The molecule has 0 amide bonds. The Labute approximate surface area is 89.8 Å². The van der Waals surface area contributed by atoms with Crippen LogP contribution in [0.3, 0.4) is 0 Å². The van der Waals surface area contributed by atoms with Crippen LogP contribution in [0.15, 0.2) is 40.0 Å². The van der Waals surface area contributed by atoms with Gasteiger partial charge in [0.15, 0.2) is 0 Å². The van der Waals surface area contributed by atoms with E-state index in [1.807, 2.05) is 30.3 Å². The van der Waals surface area contributed by atoms with Crippen molar-refractivity contribution in [3.8, 4) is 0 Å². The summed E-state index contributed by atoms with van der Waals surface area (Å²) in [5.41, 5.74) is 0.992. The quantitative estimate of drug-likeness (QED) is 0.793. The highest BCUT2D eigenvalue weighted by atomic mass is 32.2. The molecule has 1 heterocycles. The zero-order chi connectivity index (χ0) is 10.7. The third-order valence-corrected chi connectivity index (χ3v) is 2.99. The van der Waals surface area contributed by atoms with Crippen LogP contribution in [0.25, 0.3) is 0 Å². The number of benzene rings is 1. The van der Waals surface area contributed by atoms with Crippen LogP contribution >= 0.6 is 0 Å². The molecule has 2 aromatic rings. The van der Waals surface area contributed by atoms with Gasteiger partial charge < -0.3 is 4.42 Å². The van der Waals surface area contributed by atoms with Gasteiger partial charge in [-0.2, -0.15) is 0 Å². The Balaban J connectivity index is 2.11. The Hall–Kier alpha value is -1.49. The highest BCUT2D eigenvalue weighted by molar-refractivity contribution is 7.84. The number of hydrogen-bond donors (Lipinski definition) is 0. The van der Waals surface area contributed by atoms with Crippen LogP contribution in [0.5, 0.6) is 0 Å².